The largest absolute Gasteiger partial charge is 0.497 e. The van der Waals surface area contributed by atoms with E-state index in [1.165, 1.54) is 0 Å². The number of hydrogen-bond donors (Lipinski definition) is 4. The Morgan fingerprint density at radius 1 is 0.532 bits per heavy atom. The summed E-state index contributed by atoms with van der Waals surface area (Å²) >= 11 is 24.2. The second kappa shape index (κ2) is 22.9. The summed E-state index contributed by atoms with van der Waals surface area (Å²) in [5.41, 5.74) is 9.53. The molecule has 0 aliphatic rings. The molecule has 0 bridgehead atoms. The van der Waals surface area contributed by atoms with Gasteiger partial charge in [-0.15, -0.1) is 0 Å². The van der Waals surface area contributed by atoms with Crippen molar-refractivity contribution < 1.29 is 28.6 Å². The van der Waals surface area contributed by atoms with Crippen LogP contribution in [-0.4, -0.2) is 36.4 Å². The first kappa shape index (κ1) is 51.4. The number of nitrogens with two attached hydrogens (primary N) is 1. The maximum Gasteiger partial charge on any atom is 0.408 e. The van der Waals surface area contributed by atoms with Crippen molar-refractivity contribution >= 4 is 64.5 Å². The Balaban J connectivity index is 0.000000346. The lowest BCUT2D eigenvalue weighted by Gasteiger charge is -2.31. The van der Waals surface area contributed by atoms with E-state index in [9.17, 15) is 14.4 Å². The van der Waals surface area contributed by atoms with Gasteiger partial charge in [-0.05, 0) is 143 Å². The van der Waals surface area contributed by atoms with Crippen LogP contribution in [0.4, 0.5) is 9.59 Å². The molecule has 0 heterocycles. The maximum atomic E-state index is 13.5. The first-order valence-electron chi connectivity index (χ1n) is 19.3. The van der Waals surface area contributed by atoms with Crippen molar-refractivity contribution in [2.75, 3.05) is 7.11 Å². The van der Waals surface area contributed by atoms with Gasteiger partial charge >= 0.3 is 12.2 Å². The number of methoxy groups -OCH3 is 1. The van der Waals surface area contributed by atoms with Crippen LogP contribution < -0.4 is 26.4 Å². The number of carbonyl (C=O) groups is 3. The van der Waals surface area contributed by atoms with E-state index in [0.29, 0.717) is 31.4 Å². The van der Waals surface area contributed by atoms with Gasteiger partial charge in [0.2, 0.25) is 0 Å². The fraction of sp³-hybridized carbons (Fsp3) is 0.312. The quantitative estimate of drug-likeness (QED) is 0.103. The minimum Gasteiger partial charge on any atom is -0.497 e. The topological polar surface area (TPSA) is 141 Å². The van der Waals surface area contributed by atoms with E-state index in [-0.39, 0.29) is 13.3 Å². The Kier molecular flexibility index (Phi) is 19.0. The summed E-state index contributed by atoms with van der Waals surface area (Å²) in [6, 6.07) is 31.5. The number of nitrogens with one attached hydrogen (secondary N) is 3. The van der Waals surface area contributed by atoms with Gasteiger partial charge in [0.25, 0.3) is 5.91 Å². The number of carbonyl (C=O) groups excluding carboxylic acids is 3. The van der Waals surface area contributed by atoms with E-state index in [1.54, 1.807) is 107 Å². The van der Waals surface area contributed by atoms with Gasteiger partial charge in [-0.25, -0.2) is 9.59 Å². The molecule has 3 amide bonds. The lowest BCUT2D eigenvalue weighted by atomic mass is 9.92. The van der Waals surface area contributed by atoms with Crippen molar-refractivity contribution in [3.63, 3.8) is 0 Å². The van der Waals surface area contributed by atoms with Crippen molar-refractivity contribution in [3.05, 3.63) is 169 Å². The molecule has 0 aromatic heterocycles. The molecule has 0 radical (unpaired) electrons. The number of halogens is 4. The van der Waals surface area contributed by atoms with Gasteiger partial charge in [0.1, 0.15) is 17.0 Å². The Morgan fingerprint density at radius 2 is 0.871 bits per heavy atom. The van der Waals surface area contributed by atoms with Crippen LogP contribution in [-0.2, 0) is 9.47 Å². The minimum absolute atomic E-state index is 0. The zero-order valence-corrected chi connectivity index (χ0v) is 38.3. The third-order valence-corrected chi connectivity index (χ3v) is 9.95. The fourth-order valence-electron chi connectivity index (χ4n) is 6.09. The highest BCUT2D eigenvalue weighted by Gasteiger charge is 2.31. The molecule has 5 N–H and O–H groups in total. The first-order valence-corrected chi connectivity index (χ1v) is 20.9. The van der Waals surface area contributed by atoms with E-state index >= 15 is 0 Å². The van der Waals surface area contributed by atoms with Gasteiger partial charge < -0.3 is 35.9 Å². The van der Waals surface area contributed by atoms with Crippen LogP contribution in [0.2, 0.25) is 20.1 Å². The molecule has 14 heteroatoms. The van der Waals surface area contributed by atoms with Crippen molar-refractivity contribution in [3.8, 4) is 5.75 Å². The molecule has 4 atom stereocenters. The summed E-state index contributed by atoms with van der Waals surface area (Å²) in [4.78, 5) is 38.6. The molecule has 0 aliphatic heterocycles. The molecular weight excluding hydrogens is 870 g/mol. The summed E-state index contributed by atoms with van der Waals surface area (Å²) in [5, 5.41) is 11.2. The molecule has 5 rings (SSSR count). The number of hydrogen-bond acceptors (Lipinski definition) is 7. The van der Waals surface area contributed by atoms with E-state index in [1.807, 2.05) is 64.1 Å². The Labute approximate surface area is 385 Å². The minimum atomic E-state index is -0.701. The molecule has 0 spiro atoms. The maximum absolute atomic E-state index is 13.5. The summed E-state index contributed by atoms with van der Waals surface area (Å²) in [6.45, 7) is 12.6. The Hall–Kier alpha value is -4.97. The van der Waals surface area contributed by atoms with Crippen LogP contribution in [0.5, 0.6) is 5.75 Å². The monoisotopic (exact) mass is 924 g/mol. The van der Waals surface area contributed by atoms with Gasteiger partial charge in [-0.1, -0.05) is 102 Å². The third-order valence-electron chi connectivity index (χ3n) is 8.94. The van der Waals surface area contributed by atoms with E-state index in [2.05, 4.69) is 16.0 Å². The van der Waals surface area contributed by atoms with Gasteiger partial charge in [-0.3, -0.25) is 4.79 Å². The zero-order chi connectivity index (χ0) is 45.1. The molecule has 62 heavy (non-hydrogen) atoms. The Bertz CT molecular complexity index is 2230. The van der Waals surface area contributed by atoms with Gasteiger partial charge in [0, 0.05) is 25.7 Å². The molecule has 0 saturated carbocycles. The number of alkyl carbamates (subject to hydrolysis) is 2. The second-order valence-corrected chi connectivity index (χ2v) is 17.9. The fourth-order valence-corrected chi connectivity index (χ4v) is 6.60. The Morgan fingerprint density at radius 3 is 1.23 bits per heavy atom. The third kappa shape index (κ3) is 16.1. The van der Waals surface area contributed by atoms with Crippen molar-refractivity contribution in [1.29, 1.82) is 0 Å². The molecule has 5 aromatic rings. The molecule has 0 aliphatic carbocycles. The van der Waals surface area contributed by atoms with Crippen LogP contribution in [0.15, 0.2) is 115 Å². The summed E-state index contributed by atoms with van der Waals surface area (Å²) in [7, 11) is 1.57. The van der Waals surface area contributed by atoms with Gasteiger partial charge in [-0.2, -0.15) is 0 Å². The smallest absolute Gasteiger partial charge is 0.408 e. The normalized spacial score (nSPS) is 13.0. The van der Waals surface area contributed by atoms with E-state index in [0.717, 1.165) is 27.8 Å². The summed E-state index contributed by atoms with van der Waals surface area (Å²) in [6.07, 6.45) is -1.15. The molecule has 5 aromatic carbocycles. The number of aryl methyl sites for hydroxylation is 1. The second-order valence-electron chi connectivity index (χ2n) is 16.1. The molecule has 10 nitrogen and oxygen atoms in total. The van der Waals surface area contributed by atoms with Crippen LogP contribution >= 0.6 is 46.4 Å². The van der Waals surface area contributed by atoms with E-state index in [4.69, 9.17) is 66.3 Å². The van der Waals surface area contributed by atoms with Crippen molar-refractivity contribution in [2.45, 2.75) is 91.3 Å². The molecule has 0 saturated heterocycles. The molecule has 332 valence electrons. The number of amides is 3. The zero-order valence-electron chi connectivity index (χ0n) is 35.3. The highest BCUT2D eigenvalue weighted by molar-refractivity contribution is 6.31. The average Bonchev–Trinajstić information content (AvgIpc) is 3.18. The number of benzene rings is 5. The lowest BCUT2D eigenvalue weighted by molar-refractivity contribution is 0.0480. The molecule has 0 unspecified atom stereocenters. The highest BCUT2D eigenvalue weighted by atomic mass is 35.5. The van der Waals surface area contributed by atoms with Crippen molar-refractivity contribution in [2.24, 2.45) is 5.73 Å². The first-order chi connectivity index (χ1) is 28.6. The summed E-state index contributed by atoms with van der Waals surface area (Å²) in [5.74, 6) is 0.351. The van der Waals surface area contributed by atoms with Crippen LogP contribution in [0.25, 0.3) is 0 Å². The standard InChI is InChI=1S/C28H30Cl2N2O4.C19H22Cl2N2O2.CH4/c1-17-16-22(35-5)14-15-23(17)26(33)31-24(18-6-10-20(29)11-7-18)25(19-8-12-21(30)13-9-19)32-27(34)36-28(2,3)4;1-19(2,3)25-18(24)23-17(13-6-10-15(21)11-7-13)16(22)12-4-8-14(20)9-5-12;/h6-16,24-25H,1-5H3,(H,31,33)(H,32,34);4-11,16-17H,22H2,1-3H3,(H,23,24);1H4/t24-,25+;16-,17+;/m00./s1. The number of rotatable bonds is 11. The molecular formula is C48H56Cl4N4O6. The SMILES string of the molecule is C.CC(C)(C)OC(=O)N[C@H](c1ccc(Cl)cc1)[C@@H](N)c1ccc(Cl)cc1.COc1ccc(C(=O)N[C@@H](c2ccc(Cl)cc2)[C@H](NC(=O)OC(C)(C)C)c2ccc(Cl)cc2)c(C)c1. The number of ether oxygens (including phenoxy) is 3. The van der Waals surface area contributed by atoms with Crippen LogP contribution in [0, 0.1) is 6.92 Å². The average molecular weight is 927 g/mol. The van der Waals surface area contributed by atoms with Crippen LogP contribution in [0.3, 0.4) is 0 Å². The lowest BCUT2D eigenvalue weighted by Crippen LogP contribution is -2.42. The van der Waals surface area contributed by atoms with E-state index < -0.39 is 47.6 Å². The van der Waals surface area contributed by atoms with Crippen molar-refractivity contribution in [1.82, 2.24) is 16.0 Å². The van der Waals surface area contributed by atoms with Gasteiger partial charge in [0.15, 0.2) is 0 Å². The predicted molar refractivity (Wildman–Crippen MR) is 252 cm³/mol. The highest BCUT2D eigenvalue weighted by Crippen LogP contribution is 2.33. The summed E-state index contributed by atoms with van der Waals surface area (Å²) < 4.78 is 16.2. The van der Waals surface area contributed by atoms with Gasteiger partial charge in [0.05, 0.1) is 31.3 Å². The predicted octanol–water partition coefficient (Wildman–Crippen LogP) is 12.9. The van der Waals surface area contributed by atoms with Crippen LogP contribution in [0.1, 0.15) is 111 Å². The molecule has 0 fully saturated rings.